The average molecular weight is 455 g/mol. The van der Waals surface area contributed by atoms with E-state index in [0.717, 1.165) is 29.0 Å². The van der Waals surface area contributed by atoms with Gasteiger partial charge in [-0.15, -0.1) is 11.3 Å². The maximum atomic E-state index is 9.60. The van der Waals surface area contributed by atoms with Crippen molar-refractivity contribution in [3.05, 3.63) is 44.8 Å². The molecule has 2 aromatic rings. The lowest BCUT2D eigenvalue weighted by Crippen LogP contribution is -2.26. The molecule has 0 amide bonds. The summed E-state index contributed by atoms with van der Waals surface area (Å²) in [6.45, 7) is 8.68. The molecule has 1 N–H and O–H groups in total. The molecule has 1 saturated heterocycles. The number of ether oxygens (including phenoxy) is 2. The summed E-state index contributed by atoms with van der Waals surface area (Å²) in [6, 6.07) is 7.89. The fraction of sp³-hybridized carbons (Fsp3) is 0.500. The van der Waals surface area contributed by atoms with E-state index >= 15 is 0 Å². The summed E-state index contributed by atoms with van der Waals surface area (Å²) >= 11 is 5.18. The summed E-state index contributed by atoms with van der Waals surface area (Å²) in [5, 5.41) is 6.78. The third-order valence-electron chi connectivity index (χ3n) is 3.86. The van der Waals surface area contributed by atoms with Gasteiger partial charge in [-0.25, -0.2) is 4.98 Å². The van der Waals surface area contributed by atoms with E-state index in [2.05, 4.69) is 31.4 Å². The van der Waals surface area contributed by atoms with Crippen molar-refractivity contribution in [1.29, 1.82) is 0 Å². The van der Waals surface area contributed by atoms with Crippen LogP contribution in [0.25, 0.3) is 0 Å². The molecule has 1 fully saturated rings. The Balaban J connectivity index is 0.000000321. The SMILES string of the molecule is Brc1ccc(OCc2csc(C3CCNCC3)n2)cc1.CC(C)(C)OC=O. The maximum absolute atomic E-state index is 9.60. The lowest BCUT2D eigenvalue weighted by molar-refractivity contribution is -0.138. The smallest absolute Gasteiger partial charge is 0.293 e. The van der Waals surface area contributed by atoms with E-state index in [1.807, 2.05) is 45.0 Å². The van der Waals surface area contributed by atoms with E-state index in [4.69, 9.17) is 9.72 Å². The van der Waals surface area contributed by atoms with E-state index in [0.29, 0.717) is 19.0 Å². The number of piperidine rings is 1. The van der Waals surface area contributed by atoms with Gasteiger partial charge in [-0.2, -0.15) is 0 Å². The molecule has 0 radical (unpaired) electrons. The fourth-order valence-electron chi connectivity index (χ4n) is 2.48. The molecule has 27 heavy (non-hydrogen) atoms. The Kier molecular flexibility index (Phi) is 8.73. The first-order chi connectivity index (χ1) is 12.9. The Morgan fingerprint density at radius 1 is 1.26 bits per heavy atom. The maximum Gasteiger partial charge on any atom is 0.293 e. The molecule has 5 nitrogen and oxygen atoms in total. The molecule has 0 saturated carbocycles. The minimum atomic E-state index is -0.318. The minimum absolute atomic E-state index is 0.318. The van der Waals surface area contributed by atoms with E-state index in [1.165, 1.54) is 17.8 Å². The Morgan fingerprint density at radius 2 is 1.93 bits per heavy atom. The number of rotatable bonds is 5. The zero-order valence-corrected chi connectivity index (χ0v) is 18.4. The van der Waals surface area contributed by atoms with Crippen molar-refractivity contribution >= 4 is 33.7 Å². The number of thiazole rings is 1. The molecule has 2 heterocycles. The van der Waals surface area contributed by atoms with Gasteiger partial charge in [-0.3, -0.25) is 4.79 Å². The Hall–Kier alpha value is -1.44. The first-order valence-electron chi connectivity index (χ1n) is 9.02. The number of carbonyl (C=O) groups excluding carboxylic acids is 1. The van der Waals surface area contributed by atoms with E-state index in [9.17, 15) is 4.79 Å². The van der Waals surface area contributed by atoms with Gasteiger partial charge < -0.3 is 14.8 Å². The summed E-state index contributed by atoms with van der Waals surface area (Å²) in [5.74, 6) is 1.51. The number of hydrogen-bond acceptors (Lipinski definition) is 6. The molecule has 3 rings (SSSR count). The molecule has 1 aliphatic rings. The van der Waals surface area contributed by atoms with Crippen molar-refractivity contribution < 1.29 is 14.3 Å². The van der Waals surface area contributed by atoms with Crippen molar-refractivity contribution in [3.63, 3.8) is 0 Å². The van der Waals surface area contributed by atoms with Crippen LogP contribution in [0.3, 0.4) is 0 Å². The van der Waals surface area contributed by atoms with Gasteiger partial charge in [-0.05, 0) is 71.0 Å². The molecule has 0 aliphatic carbocycles. The summed E-state index contributed by atoms with van der Waals surface area (Å²) in [4.78, 5) is 14.3. The topological polar surface area (TPSA) is 60.4 Å². The van der Waals surface area contributed by atoms with Crippen LogP contribution < -0.4 is 10.1 Å². The highest BCUT2D eigenvalue weighted by Crippen LogP contribution is 2.28. The zero-order chi connectivity index (χ0) is 19.7. The second kappa shape index (κ2) is 10.8. The molecule has 0 bridgehead atoms. The van der Waals surface area contributed by atoms with Crippen LogP contribution in [0, 0.1) is 0 Å². The van der Waals surface area contributed by atoms with Crippen molar-refractivity contribution in [1.82, 2.24) is 10.3 Å². The van der Waals surface area contributed by atoms with E-state index in [1.54, 1.807) is 11.3 Å². The van der Waals surface area contributed by atoms with Crippen LogP contribution in [-0.2, 0) is 16.1 Å². The third kappa shape index (κ3) is 8.41. The number of aromatic nitrogens is 1. The molecule has 7 heteroatoms. The third-order valence-corrected chi connectivity index (χ3v) is 5.44. The highest BCUT2D eigenvalue weighted by Gasteiger charge is 2.18. The quantitative estimate of drug-likeness (QED) is 0.650. The van der Waals surface area contributed by atoms with Gasteiger partial charge in [0.25, 0.3) is 6.47 Å². The molecule has 0 unspecified atom stereocenters. The van der Waals surface area contributed by atoms with Gasteiger partial charge in [-0.1, -0.05) is 15.9 Å². The van der Waals surface area contributed by atoms with Crippen molar-refractivity contribution in [2.75, 3.05) is 13.1 Å². The number of hydrogen-bond donors (Lipinski definition) is 1. The van der Waals surface area contributed by atoms with Crippen LogP contribution in [0.4, 0.5) is 0 Å². The van der Waals surface area contributed by atoms with Crippen molar-refractivity contribution in [2.24, 2.45) is 0 Å². The van der Waals surface area contributed by atoms with Gasteiger partial charge in [0, 0.05) is 15.8 Å². The van der Waals surface area contributed by atoms with Crippen LogP contribution >= 0.6 is 27.3 Å². The van der Waals surface area contributed by atoms with Crippen molar-refractivity contribution in [3.8, 4) is 5.75 Å². The normalized spacial score (nSPS) is 14.8. The highest BCUT2D eigenvalue weighted by atomic mass is 79.9. The Labute approximate surface area is 173 Å². The van der Waals surface area contributed by atoms with E-state index < -0.39 is 0 Å². The first-order valence-corrected chi connectivity index (χ1v) is 10.7. The Bertz CT molecular complexity index is 692. The molecule has 0 atom stereocenters. The number of halogens is 1. The van der Waals surface area contributed by atoms with Gasteiger partial charge in [0.2, 0.25) is 0 Å². The second-order valence-electron chi connectivity index (χ2n) is 7.27. The standard InChI is InChI=1S/C15H17BrN2OS.C5H10O2/c16-12-1-3-14(4-2-12)19-9-13-10-20-15(18-13)11-5-7-17-8-6-11;1-5(2,3)7-4-6/h1-4,10-11,17H,5-9H2;4H,1-3H3. The predicted octanol–water partition coefficient (Wildman–Crippen LogP) is 4.91. The number of nitrogens with one attached hydrogen (secondary N) is 1. The monoisotopic (exact) mass is 454 g/mol. The van der Waals surface area contributed by atoms with Crippen LogP contribution in [0.2, 0.25) is 0 Å². The van der Waals surface area contributed by atoms with Crippen LogP contribution in [0.5, 0.6) is 5.75 Å². The van der Waals surface area contributed by atoms with Gasteiger partial charge in [0.05, 0.1) is 10.7 Å². The minimum Gasteiger partial charge on any atom is -0.487 e. The van der Waals surface area contributed by atoms with Crippen LogP contribution in [0.1, 0.15) is 50.2 Å². The number of carbonyl (C=O) groups is 1. The van der Waals surface area contributed by atoms with Crippen LogP contribution in [0.15, 0.2) is 34.1 Å². The van der Waals surface area contributed by atoms with Crippen molar-refractivity contribution in [2.45, 2.75) is 51.7 Å². The lowest BCUT2D eigenvalue weighted by atomic mass is 9.99. The predicted molar refractivity (Wildman–Crippen MR) is 112 cm³/mol. The number of benzene rings is 1. The molecule has 148 valence electrons. The second-order valence-corrected chi connectivity index (χ2v) is 9.08. The zero-order valence-electron chi connectivity index (χ0n) is 16.0. The van der Waals surface area contributed by atoms with Gasteiger partial charge >= 0.3 is 0 Å². The summed E-state index contributed by atoms with van der Waals surface area (Å²) in [6.07, 6.45) is 2.39. The molecule has 1 aliphatic heterocycles. The fourth-order valence-corrected chi connectivity index (χ4v) is 3.72. The summed E-state index contributed by atoms with van der Waals surface area (Å²) < 4.78 is 11.4. The first kappa shape index (κ1) is 21.9. The molecular weight excluding hydrogens is 428 g/mol. The summed E-state index contributed by atoms with van der Waals surface area (Å²) in [7, 11) is 0. The molecular formula is C20H27BrN2O3S. The highest BCUT2D eigenvalue weighted by molar-refractivity contribution is 9.10. The summed E-state index contributed by atoms with van der Waals surface area (Å²) in [5.41, 5.74) is 0.716. The van der Waals surface area contributed by atoms with Crippen LogP contribution in [-0.4, -0.2) is 30.1 Å². The Morgan fingerprint density at radius 3 is 2.48 bits per heavy atom. The van der Waals surface area contributed by atoms with Gasteiger partial charge in [0.1, 0.15) is 18.0 Å². The average Bonchev–Trinajstić information content (AvgIpc) is 3.11. The molecule has 0 spiro atoms. The number of nitrogens with zero attached hydrogens (tertiary/aromatic N) is 1. The van der Waals surface area contributed by atoms with E-state index in [-0.39, 0.29) is 5.60 Å². The lowest BCUT2D eigenvalue weighted by Gasteiger charge is -2.20. The van der Waals surface area contributed by atoms with Gasteiger partial charge in [0.15, 0.2) is 0 Å². The molecule has 1 aromatic carbocycles. The largest absolute Gasteiger partial charge is 0.487 e. The molecule has 1 aromatic heterocycles.